The monoisotopic (exact) mass is 397 g/mol. The lowest BCUT2D eigenvalue weighted by Gasteiger charge is -2.09. The Morgan fingerprint density at radius 2 is 2.14 bits per heavy atom. The Balaban J connectivity index is 2.64. The molecule has 114 valence electrons. The number of nitrogens with zero attached hydrogens (tertiary/aromatic N) is 3. The average molecular weight is 399 g/mol. The molecule has 0 saturated carbocycles. The predicted molar refractivity (Wildman–Crippen MR) is 78.0 cm³/mol. The summed E-state index contributed by atoms with van der Waals surface area (Å²) >= 11 is 3.11. The van der Waals surface area contributed by atoms with Gasteiger partial charge in [-0.1, -0.05) is 6.07 Å². The molecule has 1 aromatic heterocycles. The zero-order valence-corrected chi connectivity index (χ0v) is 13.9. The summed E-state index contributed by atoms with van der Waals surface area (Å²) in [6, 6.07) is 4.34. The quantitative estimate of drug-likeness (QED) is 0.723. The smallest absolute Gasteiger partial charge is 0.296 e. The summed E-state index contributed by atoms with van der Waals surface area (Å²) in [7, 11) is 2.73. The second-order valence-electron chi connectivity index (χ2n) is 3.99. The fourth-order valence-electron chi connectivity index (χ4n) is 1.73. The maximum atomic E-state index is 13.6. The summed E-state index contributed by atoms with van der Waals surface area (Å²) in [5.74, 6) is -0.318. The second-order valence-corrected chi connectivity index (χ2v) is 7.24. The van der Waals surface area contributed by atoms with E-state index in [4.69, 9.17) is 15.4 Å². The number of benzene rings is 1. The van der Waals surface area contributed by atoms with Crippen molar-refractivity contribution in [2.24, 2.45) is 0 Å². The Morgan fingerprint density at radius 1 is 1.43 bits per heavy atom. The van der Waals surface area contributed by atoms with Gasteiger partial charge in [0.05, 0.1) is 17.6 Å². The highest BCUT2D eigenvalue weighted by molar-refractivity contribution is 9.10. The van der Waals surface area contributed by atoms with Crippen LogP contribution in [0.5, 0.6) is 0 Å². The minimum Gasteiger partial charge on any atom is -0.383 e. The fourth-order valence-corrected chi connectivity index (χ4v) is 3.09. The summed E-state index contributed by atoms with van der Waals surface area (Å²) in [6.45, 7) is 0.375. The van der Waals surface area contributed by atoms with Crippen molar-refractivity contribution in [1.82, 2.24) is 14.8 Å². The van der Waals surface area contributed by atoms with Crippen LogP contribution in [0.3, 0.4) is 0 Å². The summed E-state index contributed by atoms with van der Waals surface area (Å²) in [5, 5.41) is 6.98. The Hall–Kier alpha value is -1.03. The molecule has 2 rings (SSSR count). The van der Waals surface area contributed by atoms with E-state index >= 15 is 0 Å². The third-order valence-electron chi connectivity index (χ3n) is 2.65. The van der Waals surface area contributed by atoms with Crippen molar-refractivity contribution in [3.8, 4) is 11.4 Å². The Kier molecular flexibility index (Phi) is 4.97. The van der Waals surface area contributed by atoms with E-state index in [9.17, 15) is 12.8 Å². The number of aromatic nitrogens is 3. The van der Waals surface area contributed by atoms with Crippen LogP contribution in [0.2, 0.25) is 0 Å². The lowest BCUT2D eigenvalue weighted by molar-refractivity contribution is 0.185. The topological polar surface area (TPSA) is 74.1 Å². The van der Waals surface area contributed by atoms with Gasteiger partial charge in [0.2, 0.25) is 0 Å². The molecule has 0 atom stereocenters. The van der Waals surface area contributed by atoms with Gasteiger partial charge in [0.1, 0.15) is 5.82 Å². The van der Waals surface area contributed by atoms with Gasteiger partial charge in [-0.05, 0) is 28.1 Å². The number of hydrogen-bond acceptors (Lipinski definition) is 5. The molecule has 2 aromatic rings. The van der Waals surface area contributed by atoms with E-state index in [1.54, 1.807) is 6.07 Å². The molecule has 0 unspecified atom stereocenters. The van der Waals surface area contributed by atoms with E-state index in [0.29, 0.717) is 5.56 Å². The van der Waals surface area contributed by atoms with Gasteiger partial charge in [-0.2, -0.15) is 0 Å². The van der Waals surface area contributed by atoms with Gasteiger partial charge < -0.3 is 4.74 Å². The molecule has 0 N–H and O–H groups in total. The molecule has 0 spiro atoms. The molecule has 0 bridgehead atoms. The van der Waals surface area contributed by atoms with Gasteiger partial charge in [0.15, 0.2) is 5.82 Å². The lowest BCUT2D eigenvalue weighted by Crippen LogP contribution is -2.11. The van der Waals surface area contributed by atoms with Gasteiger partial charge in [-0.15, -0.1) is 10.2 Å². The molecular weight excluding hydrogens is 389 g/mol. The first kappa shape index (κ1) is 16.3. The normalized spacial score (nSPS) is 11.8. The molecule has 1 heterocycles. The predicted octanol–water partition coefficient (Wildman–Crippen LogP) is 2.42. The molecule has 1 aromatic carbocycles. The van der Waals surface area contributed by atoms with E-state index in [2.05, 4.69) is 26.1 Å². The highest BCUT2D eigenvalue weighted by atomic mass is 79.9. The van der Waals surface area contributed by atoms with Crippen molar-refractivity contribution in [2.45, 2.75) is 11.7 Å². The van der Waals surface area contributed by atoms with Crippen molar-refractivity contribution >= 4 is 35.7 Å². The van der Waals surface area contributed by atoms with E-state index in [1.807, 2.05) is 0 Å². The molecule has 0 fully saturated rings. The van der Waals surface area contributed by atoms with Crippen LogP contribution in [0.15, 0.2) is 27.8 Å². The van der Waals surface area contributed by atoms with Crippen molar-refractivity contribution in [3.63, 3.8) is 0 Å². The van der Waals surface area contributed by atoms with Crippen LogP contribution in [0.4, 0.5) is 4.39 Å². The van der Waals surface area contributed by atoms with Gasteiger partial charge in [0.25, 0.3) is 14.2 Å². The molecule has 0 radical (unpaired) electrons. The fraction of sp³-hybridized carbons (Fsp3) is 0.273. The molecule has 0 aliphatic heterocycles. The Labute approximate surface area is 133 Å². The van der Waals surface area contributed by atoms with E-state index in [0.717, 1.165) is 0 Å². The van der Waals surface area contributed by atoms with Gasteiger partial charge in [0, 0.05) is 23.4 Å². The largest absolute Gasteiger partial charge is 0.383 e. The average Bonchev–Trinajstić information content (AvgIpc) is 2.83. The van der Waals surface area contributed by atoms with Crippen LogP contribution < -0.4 is 0 Å². The summed E-state index contributed by atoms with van der Waals surface area (Å²) in [6.07, 6.45) is 0. The number of methoxy groups -OCH3 is 1. The standard InChI is InChI=1S/C11H10BrClFN3O3S/c1-20-6-5-17-10(15-16-11(17)21(13,18)19)7-3-2-4-8(14)9(7)12/h2-4H,5-6H2,1H3. The number of hydrogen-bond donors (Lipinski definition) is 0. The number of halogens is 3. The molecule has 0 amide bonds. The van der Waals surface area contributed by atoms with Gasteiger partial charge in [-0.3, -0.25) is 4.57 Å². The highest BCUT2D eigenvalue weighted by Crippen LogP contribution is 2.30. The molecule has 21 heavy (non-hydrogen) atoms. The van der Waals surface area contributed by atoms with Crippen molar-refractivity contribution in [2.75, 3.05) is 13.7 Å². The summed E-state index contributed by atoms with van der Waals surface area (Å²) in [5.41, 5.74) is 0.366. The van der Waals surface area contributed by atoms with E-state index < -0.39 is 20.0 Å². The van der Waals surface area contributed by atoms with Crippen molar-refractivity contribution in [1.29, 1.82) is 0 Å². The van der Waals surface area contributed by atoms with Gasteiger partial charge >= 0.3 is 0 Å². The molecule has 0 aliphatic rings. The van der Waals surface area contributed by atoms with Crippen molar-refractivity contribution in [3.05, 3.63) is 28.5 Å². The molecule has 6 nitrogen and oxygen atoms in total. The number of ether oxygens (including phenoxy) is 1. The van der Waals surface area contributed by atoms with Crippen LogP contribution in [0.25, 0.3) is 11.4 Å². The van der Waals surface area contributed by atoms with E-state index in [-0.39, 0.29) is 23.4 Å². The zero-order chi connectivity index (χ0) is 15.6. The first-order valence-electron chi connectivity index (χ1n) is 5.67. The minimum absolute atomic E-state index is 0.156. The first-order chi connectivity index (χ1) is 9.86. The summed E-state index contributed by atoms with van der Waals surface area (Å²) in [4.78, 5) is 0. The maximum Gasteiger partial charge on any atom is 0.296 e. The third-order valence-corrected chi connectivity index (χ3v) is 4.60. The van der Waals surface area contributed by atoms with Crippen LogP contribution in [0, 0.1) is 5.82 Å². The Morgan fingerprint density at radius 3 is 2.76 bits per heavy atom. The maximum absolute atomic E-state index is 13.6. The van der Waals surface area contributed by atoms with Crippen LogP contribution in [-0.2, 0) is 20.3 Å². The van der Waals surface area contributed by atoms with Gasteiger partial charge in [-0.25, -0.2) is 12.8 Å². The molecule has 0 saturated heterocycles. The molecule has 10 heteroatoms. The van der Waals surface area contributed by atoms with Crippen LogP contribution in [-0.4, -0.2) is 36.9 Å². The van der Waals surface area contributed by atoms with Crippen LogP contribution in [0.1, 0.15) is 0 Å². The van der Waals surface area contributed by atoms with Crippen LogP contribution >= 0.6 is 26.6 Å². The molecular formula is C11H10BrClFN3O3S. The minimum atomic E-state index is -4.08. The third kappa shape index (κ3) is 3.42. The summed E-state index contributed by atoms with van der Waals surface area (Å²) < 4.78 is 43.0. The number of rotatable bonds is 5. The zero-order valence-electron chi connectivity index (χ0n) is 10.8. The van der Waals surface area contributed by atoms with E-state index in [1.165, 1.54) is 23.8 Å². The first-order valence-corrected chi connectivity index (χ1v) is 8.77. The van der Waals surface area contributed by atoms with Crippen molar-refractivity contribution < 1.29 is 17.5 Å². The molecule has 0 aliphatic carbocycles. The SMILES string of the molecule is COCCn1c(-c2cccc(F)c2Br)nnc1S(=O)(=O)Cl. The second kappa shape index (κ2) is 6.39. The highest BCUT2D eigenvalue weighted by Gasteiger charge is 2.24. The lowest BCUT2D eigenvalue weighted by atomic mass is 10.2. The Bertz CT molecular complexity index is 766.